The van der Waals surface area contributed by atoms with E-state index in [4.69, 9.17) is 9.47 Å². The van der Waals surface area contributed by atoms with Crippen LogP contribution < -0.4 is 0 Å². The van der Waals surface area contributed by atoms with E-state index in [1.54, 1.807) is 7.11 Å². The van der Waals surface area contributed by atoms with Gasteiger partial charge in [-0.3, -0.25) is 9.79 Å². The summed E-state index contributed by atoms with van der Waals surface area (Å²) in [4.78, 5) is 30.0. The third-order valence-corrected chi connectivity index (χ3v) is 4.81. The van der Waals surface area contributed by atoms with E-state index >= 15 is 0 Å². The van der Waals surface area contributed by atoms with Gasteiger partial charge in [-0.2, -0.15) is 0 Å². The van der Waals surface area contributed by atoms with Crippen LogP contribution in [0.2, 0.25) is 0 Å². The molecule has 1 saturated carbocycles. The standard InChI is InChI=1S/C20H23NO4/c1-13-17(20(23)25-12-11-24-2)18(14-7-4-3-5-8-14)19-15(21-13)9-6-10-16(19)22/h3-5,7-8,18-19H,6,9-12H2,1-2H3. The summed E-state index contributed by atoms with van der Waals surface area (Å²) in [5, 5.41) is 0. The highest BCUT2D eigenvalue weighted by Crippen LogP contribution is 2.42. The summed E-state index contributed by atoms with van der Waals surface area (Å²) >= 11 is 0. The van der Waals surface area contributed by atoms with Crippen molar-refractivity contribution in [2.45, 2.75) is 32.1 Å². The van der Waals surface area contributed by atoms with Crippen LogP contribution in [0.3, 0.4) is 0 Å². The fourth-order valence-electron chi connectivity index (χ4n) is 3.70. The number of benzene rings is 1. The number of allylic oxidation sites excluding steroid dienone is 1. The number of ether oxygens (including phenoxy) is 2. The first kappa shape index (κ1) is 17.5. The summed E-state index contributed by atoms with van der Waals surface area (Å²) in [5.74, 6) is -0.931. The van der Waals surface area contributed by atoms with Crippen LogP contribution in [0, 0.1) is 5.92 Å². The van der Waals surface area contributed by atoms with Gasteiger partial charge in [-0.05, 0) is 25.3 Å². The molecule has 1 fully saturated rings. The molecule has 0 amide bonds. The molecule has 0 spiro atoms. The van der Waals surface area contributed by atoms with Crippen molar-refractivity contribution in [1.29, 1.82) is 0 Å². The van der Waals surface area contributed by atoms with Gasteiger partial charge in [-0.25, -0.2) is 4.79 Å². The first-order chi connectivity index (χ1) is 12.1. The Morgan fingerprint density at radius 2 is 1.92 bits per heavy atom. The van der Waals surface area contributed by atoms with Crippen LogP contribution in [0.5, 0.6) is 0 Å². The number of methoxy groups -OCH3 is 1. The van der Waals surface area contributed by atoms with Crippen molar-refractivity contribution in [3.05, 3.63) is 47.2 Å². The van der Waals surface area contributed by atoms with Gasteiger partial charge < -0.3 is 9.47 Å². The SMILES string of the molecule is COCCOC(=O)C1=C(C)N=C2CCCC(=O)C2C1c1ccccc1. The van der Waals surface area contributed by atoms with E-state index in [9.17, 15) is 9.59 Å². The molecule has 1 heterocycles. The summed E-state index contributed by atoms with van der Waals surface area (Å²) in [6.07, 6.45) is 2.18. The highest BCUT2D eigenvalue weighted by molar-refractivity contribution is 6.11. The molecule has 3 rings (SSSR count). The zero-order chi connectivity index (χ0) is 17.8. The zero-order valence-corrected chi connectivity index (χ0v) is 14.7. The molecule has 5 heteroatoms. The van der Waals surface area contributed by atoms with E-state index in [1.807, 2.05) is 37.3 Å². The molecule has 25 heavy (non-hydrogen) atoms. The quantitative estimate of drug-likeness (QED) is 0.610. The molecule has 132 valence electrons. The van der Waals surface area contributed by atoms with Crippen LogP contribution in [-0.4, -0.2) is 37.8 Å². The van der Waals surface area contributed by atoms with Crippen molar-refractivity contribution < 1.29 is 19.1 Å². The lowest BCUT2D eigenvalue weighted by Gasteiger charge is -2.35. The summed E-state index contributed by atoms with van der Waals surface area (Å²) in [6, 6.07) is 9.71. The Morgan fingerprint density at radius 1 is 1.16 bits per heavy atom. The maximum Gasteiger partial charge on any atom is 0.336 e. The number of hydrogen-bond donors (Lipinski definition) is 0. The average Bonchev–Trinajstić information content (AvgIpc) is 2.61. The minimum atomic E-state index is -0.412. The van der Waals surface area contributed by atoms with Crippen molar-refractivity contribution in [3.63, 3.8) is 0 Å². The minimum Gasteiger partial charge on any atom is -0.460 e. The van der Waals surface area contributed by atoms with Gasteiger partial charge in [0.2, 0.25) is 0 Å². The largest absolute Gasteiger partial charge is 0.460 e. The van der Waals surface area contributed by atoms with Crippen LogP contribution in [0.15, 0.2) is 46.6 Å². The van der Waals surface area contributed by atoms with E-state index in [2.05, 4.69) is 4.99 Å². The molecule has 1 aromatic rings. The zero-order valence-electron chi connectivity index (χ0n) is 14.7. The second-order valence-electron chi connectivity index (χ2n) is 6.42. The van der Waals surface area contributed by atoms with Crippen molar-refractivity contribution in [2.24, 2.45) is 10.9 Å². The summed E-state index contributed by atoms with van der Waals surface area (Å²) in [7, 11) is 1.56. The third-order valence-electron chi connectivity index (χ3n) is 4.81. The Bertz CT molecular complexity index is 720. The number of carbonyl (C=O) groups is 2. The summed E-state index contributed by atoms with van der Waals surface area (Å²) in [6.45, 7) is 2.35. The number of carbonyl (C=O) groups excluding carboxylic acids is 2. The van der Waals surface area contributed by atoms with E-state index in [1.165, 1.54) is 0 Å². The Labute approximate surface area is 147 Å². The van der Waals surface area contributed by atoms with Gasteiger partial charge >= 0.3 is 5.97 Å². The average molecular weight is 341 g/mol. The topological polar surface area (TPSA) is 65.0 Å². The number of hydrogen-bond acceptors (Lipinski definition) is 5. The maximum absolute atomic E-state index is 12.7. The predicted octanol–water partition coefficient (Wildman–Crippen LogP) is 3.06. The Kier molecular flexibility index (Phi) is 5.43. The third kappa shape index (κ3) is 3.56. The second kappa shape index (κ2) is 7.74. The number of aliphatic imine (C=N–C) groups is 1. The predicted molar refractivity (Wildman–Crippen MR) is 94.5 cm³/mol. The molecule has 0 bridgehead atoms. The van der Waals surface area contributed by atoms with Crippen LogP contribution in [-0.2, 0) is 19.1 Å². The molecule has 1 aromatic carbocycles. The highest BCUT2D eigenvalue weighted by atomic mass is 16.6. The van der Waals surface area contributed by atoms with Crippen molar-refractivity contribution >= 4 is 17.5 Å². The maximum atomic E-state index is 12.7. The molecule has 5 nitrogen and oxygen atoms in total. The summed E-state index contributed by atoms with van der Waals surface area (Å²) < 4.78 is 10.3. The van der Waals surface area contributed by atoms with Crippen molar-refractivity contribution in [3.8, 4) is 0 Å². The lowest BCUT2D eigenvalue weighted by Crippen LogP contribution is -2.39. The van der Waals surface area contributed by atoms with E-state index in [0.717, 1.165) is 24.1 Å². The summed E-state index contributed by atoms with van der Waals surface area (Å²) in [5.41, 5.74) is 2.99. The minimum absolute atomic E-state index is 0.161. The van der Waals surface area contributed by atoms with Gasteiger partial charge in [0.25, 0.3) is 0 Å². The van der Waals surface area contributed by atoms with Gasteiger partial charge in [0.05, 0.1) is 18.1 Å². The Balaban J connectivity index is 2.02. The number of fused-ring (bicyclic) bond motifs is 1. The first-order valence-electron chi connectivity index (χ1n) is 8.65. The van der Waals surface area contributed by atoms with E-state index in [-0.39, 0.29) is 24.2 Å². The number of nitrogens with zero attached hydrogens (tertiary/aromatic N) is 1. The molecule has 0 N–H and O–H groups in total. The van der Waals surface area contributed by atoms with Crippen molar-refractivity contribution in [2.75, 3.05) is 20.3 Å². The number of rotatable bonds is 5. The smallest absolute Gasteiger partial charge is 0.336 e. The number of Topliss-reactive ketones (excluding diaryl/α,β-unsaturated/α-hetero) is 1. The number of ketones is 1. The van der Waals surface area contributed by atoms with Crippen LogP contribution in [0.1, 0.15) is 37.7 Å². The molecule has 0 saturated heterocycles. The molecule has 1 aliphatic carbocycles. The molecular formula is C20H23NO4. The molecule has 1 aliphatic heterocycles. The van der Waals surface area contributed by atoms with Gasteiger partial charge in [0.15, 0.2) is 0 Å². The Morgan fingerprint density at radius 3 is 2.64 bits per heavy atom. The first-order valence-corrected chi connectivity index (χ1v) is 8.65. The van der Waals surface area contributed by atoms with Crippen molar-refractivity contribution in [1.82, 2.24) is 0 Å². The monoisotopic (exact) mass is 341 g/mol. The lowest BCUT2D eigenvalue weighted by atomic mass is 9.69. The fourth-order valence-corrected chi connectivity index (χ4v) is 3.70. The molecule has 2 atom stereocenters. The fraction of sp³-hybridized carbons (Fsp3) is 0.450. The lowest BCUT2D eigenvalue weighted by molar-refractivity contribution is -0.140. The van der Waals surface area contributed by atoms with Crippen LogP contribution in [0.25, 0.3) is 0 Å². The molecule has 2 aliphatic rings. The second-order valence-corrected chi connectivity index (χ2v) is 6.42. The molecular weight excluding hydrogens is 318 g/mol. The van der Waals surface area contributed by atoms with Gasteiger partial charge in [-0.1, -0.05) is 30.3 Å². The Hall–Kier alpha value is -2.27. The van der Waals surface area contributed by atoms with E-state index < -0.39 is 5.97 Å². The van der Waals surface area contributed by atoms with E-state index in [0.29, 0.717) is 24.3 Å². The van der Waals surface area contributed by atoms with Gasteiger partial charge in [0, 0.05) is 30.9 Å². The van der Waals surface area contributed by atoms with Gasteiger partial charge in [0.1, 0.15) is 12.4 Å². The van der Waals surface area contributed by atoms with Crippen LogP contribution in [0.4, 0.5) is 0 Å². The normalized spacial score (nSPS) is 23.1. The number of esters is 1. The molecule has 2 unspecified atom stereocenters. The van der Waals surface area contributed by atoms with Gasteiger partial charge in [-0.15, -0.1) is 0 Å². The molecule has 0 radical (unpaired) electrons. The molecule has 0 aromatic heterocycles. The highest BCUT2D eigenvalue weighted by Gasteiger charge is 2.43. The van der Waals surface area contributed by atoms with Crippen LogP contribution >= 0.6 is 0 Å².